The molecule has 0 N–H and O–H groups in total. The number of halogens is 1. The number of thioether (sulfide) groups is 1. The van der Waals surface area contributed by atoms with Gasteiger partial charge in [0.1, 0.15) is 5.03 Å². The standard InChI is InChI=1S/C9H13ClN2S/c1-4-5-13-9-7(3)6(2)8(10)11-12-9/h4-5H2,1-3H3. The predicted octanol–water partition coefficient (Wildman–Crippen LogP) is 3.25. The van der Waals surface area contributed by atoms with Gasteiger partial charge in [-0.1, -0.05) is 18.5 Å². The largest absolute Gasteiger partial charge is 0.154 e. The van der Waals surface area contributed by atoms with E-state index in [-0.39, 0.29) is 0 Å². The molecule has 2 nitrogen and oxygen atoms in total. The van der Waals surface area contributed by atoms with E-state index >= 15 is 0 Å². The van der Waals surface area contributed by atoms with Crippen molar-refractivity contribution in [2.45, 2.75) is 32.2 Å². The van der Waals surface area contributed by atoms with Crippen LogP contribution >= 0.6 is 23.4 Å². The van der Waals surface area contributed by atoms with Crippen molar-refractivity contribution in [1.29, 1.82) is 0 Å². The molecule has 0 radical (unpaired) electrons. The molecule has 1 aromatic heterocycles. The van der Waals surface area contributed by atoms with E-state index in [9.17, 15) is 0 Å². The molecule has 0 atom stereocenters. The maximum Gasteiger partial charge on any atom is 0.154 e. The van der Waals surface area contributed by atoms with Crippen molar-refractivity contribution in [1.82, 2.24) is 10.2 Å². The first-order valence-electron chi connectivity index (χ1n) is 4.29. The smallest absolute Gasteiger partial charge is 0.142 e. The maximum atomic E-state index is 5.84. The Labute approximate surface area is 88.1 Å². The first-order valence-corrected chi connectivity index (χ1v) is 5.65. The predicted molar refractivity (Wildman–Crippen MR) is 57.5 cm³/mol. The molecule has 0 aliphatic carbocycles. The van der Waals surface area contributed by atoms with E-state index in [1.165, 1.54) is 0 Å². The molecule has 0 saturated heterocycles. The quantitative estimate of drug-likeness (QED) is 0.726. The second-order valence-corrected chi connectivity index (χ2v) is 4.34. The second kappa shape index (κ2) is 4.82. The van der Waals surface area contributed by atoms with Crippen LogP contribution in [0.4, 0.5) is 0 Å². The van der Waals surface area contributed by atoms with E-state index in [1.54, 1.807) is 11.8 Å². The minimum absolute atomic E-state index is 0.512. The molecule has 13 heavy (non-hydrogen) atoms. The Bertz CT molecular complexity index is 302. The summed E-state index contributed by atoms with van der Waals surface area (Å²) in [5.41, 5.74) is 2.19. The monoisotopic (exact) mass is 216 g/mol. The van der Waals surface area contributed by atoms with Gasteiger partial charge in [0.25, 0.3) is 0 Å². The summed E-state index contributed by atoms with van der Waals surface area (Å²) in [6.07, 6.45) is 1.15. The molecule has 0 aliphatic rings. The van der Waals surface area contributed by atoms with Crippen LogP contribution in [0.25, 0.3) is 0 Å². The molecule has 0 aliphatic heterocycles. The van der Waals surface area contributed by atoms with Gasteiger partial charge in [-0.15, -0.1) is 22.0 Å². The molecule has 0 unspecified atom stereocenters. The highest BCUT2D eigenvalue weighted by Gasteiger charge is 2.07. The summed E-state index contributed by atoms with van der Waals surface area (Å²) in [7, 11) is 0. The van der Waals surface area contributed by atoms with Crippen molar-refractivity contribution in [2.24, 2.45) is 0 Å². The Balaban J connectivity index is 2.90. The van der Waals surface area contributed by atoms with Crippen LogP contribution in [-0.2, 0) is 0 Å². The molecule has 1 rings (SSSR count). The van der Waals surface area contributed by atoms with Crippen LogP contribution in [0.1, 0.15) is 24.5 Å². The summed E-state index contributed by atoms with van der Waals surface area (Å²) in [6, 6.07) is 0. The van der Waals surface area contributed by atoms with E-state index in [0.717, 1.165) is 28.3 Å². The second-order valence-electron chi connectivity index (χ2n) is 2.89. The topological polar surface area (TPSA) is 25.8 Å². The maximum absolute atomic E-state index is 5.84. The van der Waals surface area contributed by atoms with Gasteiger partial charge in [0.2, 0.25) is 0 Å². The zero-order valence-corrected chi connectivity index (χ0v) is 9.67. The highest BCUT2D eigenvalue weighted by Crippen LogP contribution is 2.25. The van der Waals surface area contributed by atoms with Gasteiger partial charge in [-0.25, -0.2) is 0 Å². The van der Waals surface area contributed by atoms with Crippen molar-refractivity contribution >= 4 is 23.4 Å². The fourth-order valence-corrected chi connectivity index (χ4v) is 1.94. The lowest BCUT2D eigenvalue weighted by Gasteiger charge is -2.06. The minimum atomic E-state index is 0.512. The molecular weight excluding hydrogens is 204 g/mol. The Hall–Kier alpha value is -0.280. The van der Waals surface area contributed by atoms with E-state index in [0.29, 0.717) is 5.15 Å². The van der Waals surface area contributed by atoms with Crippen LogP contribution in [0.3, 0.4) is 0 Å². The summed E-state index contributed by atoms with van der Waals surface area (Å²) in [6.45, 7) is 6.16. The normalized spacial score (nSPS) is 10.5. The summed E-state index contributed by atoms with van der Waals surface area (Å²) >= 11 is 7.57. The molecule has 0 amide bonds. The van der Waals surface area contributed by atoms with Gasteiger partial charge in [-0.05, 0) is 37.1 Å². The molecule has 0 fully saturated rings. The number of rotatable bonds is 3. The van der Waals surface area contributed by atoms with Crippen molar-refractivity contribution in [3.05, 3.63) is 16.3 Å². The highest BCUT2D eigenvalue weighted by atomic mass is 35.5. The first kappa shape index (κ1) is 10.8. The zero-order chi connectivity index (χ0) is 9.84. The van der Waals surface area contributed by atoms with Crippen LogP contribution < -0.4 is 0 Å². The first-order chi connectivity index (χ1) is 6.16. The number of aromatic nitrogens is 2. The van der Waals surface area contributed by atoms with Crippen molar-refractivity contribution in [3.8, 4) is 0 Å². The molecule has 0 spiro atoms. The van der Waals surface area contributed by atoms with Gasteiger partial charge in [-0.3, -0.25) is 0 Å². The van der Waals surface area contributed by atoms with Crippen LogP contribution in [0.2, 0.25) is 5.15 Å². The summed E-state index contributed by atoms with van der Waals surface area (Å²) in [5.74, 6) is 1.08. The number of nitrogens with zero attached hydrogens (tertiary/aromatic N) is 2. The van der Waals surface area contributed by atoms with E-state index in [4.69, 9.17) is 11.6 Å². The van der Waals surface area contributed by atoms with Crippen molar-refractivity contribution in [2.75, 3.05) is 5.75 Å². The molecule has 1 heterocycles. The lowest BCUT2D eigenvalue weighted by Crippen LogP contribution is -1.95. The number of hydrogen-bond donors (Lipinski definition) is 0. The third-order valence-corrected chi connectivity index (χ3v) is 3.50. The van der Waals surface area contributed by atoms with Gasteiger partial charge in [0.05, 0.1) is 0 Å². The molecule has 0 bridgehead atoms. The Morgan fingerprint density at radius 2 is 1.92 bits per heavy atom. The van der Waals surface area contributed by atoms with E-state index < -0.39 is 0 Å². The highest BCUT2D eigenvalue weighted by molar-refractivity contribution is 7.99. The van der Waals surface area contributed by atoms with E-state index in [1.807, 2.05) is 13.8 Å². The lowest BCUT2D eigenvalue weighted by atomic mass is 10.2. The third-order valence-electron chi connectivity index (χ3n) is 1.86. The summed E-state index contributed by atoms with van der Waals surface area (Å²) < 4.78 is 0. The molecule has 0 saturated carbocycles. The van der Waals surface area contributed by atoms with E-state index in [2.05, 4.69) is 17.1 Å². The van der Waals surface area contributed by atoms with Crippen LogP contribution in [-0.4, -0.2) is 16.0 Å². The van der Waals surface area contributed by atoms with Crippen LogP contribution in [0.15, 0.2) is 5.03 Å². The Kier molecular flexibility index (Phi) is 4.00. The third kappa shape index (κ3) is 2.58. The summed E-state index contributed by atoms with van der Waals surface area (Å²) in [5, 5.41) is 9.46. The SMILES string of the molecule is CCCSc1nnc(Cl)c(C)c1C. The molecule has 1 aromatic rings. The van der Waals surface area contributed by atoms with Crippen LogP contribution in [0.5, 0.6) is 0 Å². The van der Waals surface area contributed by atoms with Gasteiger partial charge in [-0.2, -0.15) is 0 Å². The average Bonchev–Trinajstić information content (AvgIpc) is 2.13. The Morgan fingerprint density at radius 3 is 2.54 bits per heavy atom. The fraction of sp³-hybridized carbons (Fsp3) is 0.556. The fourth-order valence-electron chi connectivity index (χ4n) is 0.890. The van der Waals surface area contributed by atoms with Crippen molar-refractivity contribution in [3.63, 3.8) is 0 Å². The van der Waals surface area contributed by atoms with Gasteiger partial charge >= 0.3 is 0 Å². The zero-order valence-electron chi connectivity index (χ0n) is 8.09. The van der Waals surface area contributed by atoms with Crippen LogP contribution in [0, 0.1) is 13.8 Å². The van der Waals surface area contributed by atoms with Gasteiger partial charge < -0.3 is 0 Å². The average molecular weight is 217 g/mol. The van der Waals surface area contributed by atoms with Crippen molar-refractivity contribution < 1.29 is 0 Å². The summed E-state index contributed by atoms with van der Waals surface area (Å²) in [4.78, 5) is 0. The Morgan fingerprint density at radius 1 is 1.23 bits per heavy atom. The lowest BCUT2D eigenvalue weighted by molar-refractivity contribution is 0.890. The minimum Gasteiger partial charge on any atom is -0.142 e. The molecule has 4 heteroatoms. The molecule has 0 aromatic carbocycles. The van der Waals surface area contributed by atoms with Gasteiger partial charge in [0, 0.05) is 0 Å². The molecular formula is C9H13ClN2S. The number of hydrogen-bond acceptors (Lipinski definition) is 3. The van der Waals surface area contributed by atoms with Gasteiger partial charge in [0.15, 0.2) is 5.15 Å². The molecule has 72 valence electrons.